The molecule has 0 aromatic heterocycles. The summed E-state index contributed by atoms with van der Waals surface area (Å²) in [4.78, 5) is 58.2. The van der Waals surface area contributed by atoms with Gasteiger partial charge in [0.05, 0.1) is 26.4 Å². The van der Waals surface area contributed by atoms with Gasteiger partial charge in [0.1, 0.15) is 25.4 Å². The first-order chi connectivity index (χ1) is 41.2. The lowest BCUT2D eigenvalue weighted by atomic mass is 10.0. The Morgan fingerprint density at radius 1 is 0.329 bits per heavy atom. The van der Waals surface area contributed by atoms with E-state index in [0.717, 1.165) is 122 Å². The van der Waals surface area contributed by atoms with Crippen LogP contribution >= 0.6 is 15.6 Å². The Bertz CT molecular complexity index is 1850. The number of ether oxygens (including phenoxy) is 3. The number of carbonyl (C=O) groups is 3. The number of aliphatic hydroxyl groups excluding tert-OH is 2. The minimum atomic E-state index is -4.92. The number of phosphoric ester groups is 2. The molecule has 0 saturated heterocycles. The maximum Gasteiger partial charge on any atom is 0.472 e. The van der Waals surface area contributed by atoms with Crippen molar-refractivity contribution in [2.45, 2.75) is 296 Å². The highest BCUT2D eigenvalue weighted by Crippen LogP contribution is 2.45. The standard InChI is InChI=1S/C67H120O16P2/c1-4-7-10-13-16-19-22-25-27-28-29-30-31-32-34-37-38-41-44-47-50-53-65(70)77-56-62(68)57-79-84(73,74)80-58-63(69)59-81-85(75,76)82-61-64(83-67(72)55-52-49-46-43-40-35-24-21-18-15-12-9-6-3)60-78-66(71)54-51-48-45-42-39-36-33-26-23-20-17-14-11-8-5-2/h16-17,19-20,25-27,29-30,32-34,62-64,68-69H,4-15,18,21-24,28,31,35-61H2,1-3H3,(H,73,74)(H,75,76)/b19-16-,20-17-,27-25-,30-29-,33-26-,34-32-. The molecule has 5 unspecified atom stereocenters. The Kier molecular flexibility index (Phi) is 59.1. The molecule has 0 aromatic carbocycles. The first-order valence-corrected chi connectivity index (χ1v) is 36.2. The van der Waals surface area contributed by atoms with Crippen LogP contribution < -0.4 is 0 Å². The Hall–Kier alpha value is -3.01. The zero-order valence-electron chi connectivity index (χ0n) is 53.3. The quantitative estimate of drug-likeness (QED) is 0.0146. The number of allylic oxidation sites excluding steroid dienone is 12. The predicted molar refractivity (Wildman–Crippen MR) is 344 cm³/mol. The largest absolute Gasteiger partial charge is 0.472 e. The fourth-order valence-corrected chi connectivity index (χ4v) is 10.3. The summed E-state index contributed by atoms with van der Waals surface area (Å²) in [6.07, 6.45) is 62.4. The summed E-state index contributed by atoms with van der Waals surface area (Å²) in [5.74, 6) is -1.60. The molecule has 0 aromatic rings. The van der Waals surface area contributed by atoms with Crippen LogP contribution in [0.5, 0.6) is 0 Å². The topological polar surface area (TPSA) is 231 Å². The third-order valence-corrected chi connectivity index (χ3v) is 15.8. The second-order valence-electron chi connectivity index (χ2n) is 22.3. The molecule has 0 aliphatic carbocycles. The van der Waals surface area contributed by atoms with Crippen LogP contribution in [0.1, 0.15) is 278 Å². The SMILES string of the molecule is CCCCC/C=C\C/C=C\C/C=C\C/C=C\CCCCCCCC(=O)OCC(O)COP(=O)(O)OCC(O)COP(=O)(O)OCC(COC(=O)CCCCCCC/C=C\C/C=C\CCCCC)OC(=O)CCCCCCCCCCCCCCC. The van der Waals surface area contributed by atoms with Gasteiger partial charge in [0.2, 0.25) is 0 Å². The number of hydrogen-bond donors (Lipinski definition) is 4. The Balaban J connectivity index is 4.62. The van der Waals surface area contributed by atoms with Crippen molar-refractivity contribution in [3.05, 3.63) is 72.9 Å². The summed E-state index contributed by atoms with van der Waals surface area (Å²) in [6.45, 7) is 2.58. The maximum absolute atomic E-state index is 12.9. The molecular weight excluding hydrogens is 1120 g/mol. The van der Waals surface area contributed by atoms with Crippen molar-refractivity contribution in [3.8, 4) is 0 Å². The van der Waals surface area contributed by atoms with Gasteiger partial charge in [-0.1, -0.05) is 235 Å². The van der Waals surface area contributed by atoms with E-state index in [0.29, 0.717) is 19.3 Å². The molecule has 18 heteroatoms. The van der Waals surface area contributed by atoms with E-state index in [9.17, 15) is 43.5 Å². The molecule has 16 nitrogen and oxygen atoms in total. The van der Waals surface area contributed by atoms with Gasteiger partial charge in [0.25, 0.3) is 0 Å². The molecule has 4 N–H and O–H groups in total. The zero-order chi connectivity index (χ0) is 62.4. The first-order valence-electron chi connectivity index (χ1n) is 33.2. The molecule has 0 aliphatic rings. The second-order valence-corrected chi connectivity index (χ2v) is 25.2. The van der Waals surface area contributed by atoms with Gasteiger partial charge in [-0.05, 0) is 96.3 Å². The number of aliphatic hydroxyl groups is 2. The first kappa shape index (κ1) is 82.0. The molecule has 5 atom stereocenters. The maximum atomic E-state index is 12.9. The van der Waals surface area contributed by atoms with E-state index in [1.54, 1.807) is 0 Å². The van der Waals surface area contributed by atoms with Crippen LogP contribution in [0.3, 0.4) is 0 Å². The number of phosphoric acid groups is 2. The summed E-state index contributed by atoms with van der Waals surface area (Å²) in [6, 6.07) is 0. The number of unbranched alkanes of at least 4 members (excludes halogenated alkanes) is 28. The fourth-order valence-electron chi connectivity index (χ4n) is 8.76. The lowest BCUT2D eigenvalue weighted by Gasteiger charge is -2.21. The lowest BCUT2D eigenvalue weighted by Crippen LogP contribution is -2.30. The van der Waals surface area contributed by atoms with Crippen molar-refractivity contribution in [1.29, 1.82) is 0 Å². The summed E-state index contributed by atoms with van der Waals surface area (Å²) in [5.41, 5.74) is 0. The second kappa shape index (κ2) is 61.2. The van der Waals surface area contributed by atoms with Crippen LogP contribution in [0, 0.1) is 0 Å². The summed E-state index contributed by atoms with van der Waals surface area (Å²) >= 11 is 0. The highest BCUT2D eigenvalue weighted by molar-refractivity contribution is 7.47. The van der Waals surface area contributed by atoms with Crippen molar-refractivity contribution in [2.24, 2.45) is 0 Å². The summed E-state index contributed by atoms with van der Waals surface area (Å²) in [7, 11) is -9.77. The number of carbonyl (C=O) groups excluding carboxylic acids is 3. The fraction of sp³-hybridized carbons (Fsp3) is 0.776. The molecule has 0 radical (unpaired) electrons. The van der Waals surface area contributed by atoms with E-state index in [4.69, 9.17) is 32.3 Å². The van der Waals surface area contributed by atoms with E-state index in [1.165, 1.54) is 96.3 Å². The predicted octanol–water partition coefficient (Wildman–Crippen LogP) is 18.0. The molecule has 0 heterocycles. The van der Waals surface area contributed by atoms with Crippen LogP contribution in [0.25, 0.3) is 0 Å². The van der Waals surface area contributed by atoms with Crippen LogP contribution in [-0.4, -0.2) is 95.9 Å². The number of esters is 3. The molecule has 0 rings (SSSR count). The molecule has 85 heavy (non-hydrogen) atoms. The van der Waals surface area contributed by atoms with Crippen molar-refractivity contribution < 1.29 is 75.8 Å². The van der Waals surface area contributed by atoms with E-state index in [1.807, 2.05) is 0 Å². The summed E-state index contributed by atoms with van der Waals surface area (Å²) in [5, 5.41) is 20.5. The Morgan fingerprint density at radius 2 is 0.588 bits per heavy atom. The van der Waals surface area contributed by atoms with E-state index < -0.39 is 91.5 Å². The molecular formula is C67H120O16P2. The molecule has 0 amide bonds. The van der Waals surface area contributed by atoms with Crippen molar-refractivity contribution in [3.63, 3.8) is 0 Å². The van der Waals surface area contributed by atoms with Gasteiger partial charge in [-0.15, -0.1) is 0 Å². The van der Waals surface area contributed by atoms with E-state index in [-0.39, 0.29) is 19.3 Å². The lowest BCUT2D eigenvalue weighted by molar-refractivity contribution is -0.161. The molecule has 494 valence electrons. The third-order valence-electron chi connectivity index (χ3n) is 13.9. The van der Waals surface area contributed by atoms with Gasteiger partial charge >= 0.3 is 33.6 Å². The monoisotopic (exact) mass is 1240 g/mol. The van der Waals surface area contributed by atoms with Crippen LogP contribution in [0.2, 0.25) is 0 Å². The highest BCUT2D eigenvalue weighted by atomic mass is 31.2. The molecule has 0 aliphatic heterocycles. The minimum absolute atomic E-state index is 0.105. The average Bonchev–Trinajstić information content (AvgIpc) is 3.51. The minimum Gasteiger partial charge on any atom is -0.463 e. The summed E-state index contributed by atoms with van der Waals surface area (Å²) < 4.78 is 60.8. The van der Waals surface area contributed by atoms with Gasteiger partial charge in [0, 0.05) is 19.3 Å². The highest BCUT2D eigenvalue weighted by Gasteiger charge is 2.29. The normalized spacial score (nSPS) is 14.8. The van der Waals surface area contributed by atoms with Crippen molar-refractivity contribution in [2.75, 3.05) is 39.6 Å². The molecule has 0 spiro atoms. The van der Waals surface area contributed by atoms with Crippen molar-refractivity contribution in [1.82, 2.24) is 0 Å². The van der Waals surface area contributed by atoms with Gasteiger partial charge in [-0.2, -0.15) is 0 Å². The number of rotatable bonds is 63. The number of hydrogen-bond acceptors (Lipinski definition) is 14. The molecule has 0 bridgehead atoms. The zero-order valence-corrected chi connectivity index (χ0v) is 55.1. The third kappa shape index (κ3) is 62.4. The smallest absolute Gasteiger partial charge is 0.463 e. The van der Waals surface area contributed by atoms with Gasteiger partial charge in [-0.3, -0.25) is 32.5 Å². The Morgan fingerprint density at radius 3 is 0.953 bits per heavy atom. The van der Waals surface area contributed by atoms with Crippen LogP contribution in [0.4, 0.5) is 0 Å². The van der Waals surface area contributed by atoms with Crippen LogP contribution in [0.15, 0.2) is 72.9 Å². The van der Waals surface area contributed by atoms with Crippen LogP contribution in [-0.2, 0) is 55.8 Å². The van der Waals surface area contributed by atoms with E-state index >= 15 is 0 Å². The van der Waals surface area contributed by atoms with Crippen molar-refractivity contribution >= 4 is 33.6 Å². The molecule has 0 saturated carbocycles. The van der Waals surface area contributed by atoms with Gasteiger partial charge in [0.15, 0.2) is 6.10 Å². The Labute approximate surface area is 515 Å². The average molecular weight is 1240 g/mol. The van der Waals surface area contributed by atoms with Gasteiger partial charge < -0.3 is 34.2 Å². The van der Waals surface area contributed by atoms with Gasteiger partial charge in [-0.25, -0.2) is 9.13 Å². The molecule has 0 fully saturated rings. The van der Waals surface area contributed by atoms with E-state index in [2.05, 4.69) is 93.7 Å².